The normalized spacial score (nSPS) is 25.2. The lowest BCUT2D eigenvalue weighted by Crippen LogP contribution is -2.60. The van der Waals surface area contributed by atoms with Gasteiger partial charge in [0.1, 0.15) is 0 Å². The maximum Gasteiger partial charge on any atom is 0.224 e. The average molecular weight is 498 g/mol. The van der Waals surface area contributed by atoms with Crippen LogP contribution in [0.15, 0.2) is 72.0 Å². The Morgan fingerprint density at radius 2 is 1.71 bits per heavy atom. The predicted octanol–water partition coefficient (Wildman–Crippen LogP) is 8.45. The van der Waals surface area contributed by atoms with Crippen molar-refractivity contribution in [2.45, 2.75) is 77.7 Å². The first-order chi connectivity index (χ1) is 18.3. The van der Waals surface area contributed by atoms with Crippen LogP contribution in [0.25, 0.3) is 32.9 Å². The topological polar surface area (TPSA) is 16.8 Å². The second kappa shape index (κ2) is 7.44. The predicted molar refractivity (Wildman–Crippen MR) is 156 cm³/mol. The molecule has 1 spiro atoms. The highest BCUT2D eigenvalue weighted by molar-refractivity contribution is 6.06. The zero-order valence-electron chi connectivity index (χ0n) is 23.4. The molecule has 3 heterocycles. The van der Waals surface area contributed by atoms with Gasteiger partial charge in [0.15, 0.2) is 6.20 Å². The Hall–Kier alpha value is -3.26. The maximum atomic E-state index is 5.08. The van der Waals surface area contributed by atoms with Gasteiger partial charge in [-0.3, -0.25) is 4.98 Å². The maximum absolute atomic E-state index is 5.08. The van der Waals surface area contributed by atoms with Gasteiger partial charge in [0.25, 0.3) is 0 Å². The summed E-state index contributed by atoms with van der Waals surface area (Å²) in [4.78, 5) is 5.08. The molecule has 2 aromatic carbocycles. The van der Waals surface area contributed by atoms with E-state index in [1.807, 2.05) is 0 Å². The molecule has 1 saturated carbocycles. The molecule has 0 bridgehead atoms. The van der Waals surface area contributed by atoms with Crippen molar-refractivity contribution in [2.24, 2.45) is 11.8 Å². The van der Waals surface area contributed by atoms with E-state index >= 15 is 0 Å². The highest BCUT2D eigenvalue weighted by Crippen LogP contribution is 2.60. The largest absolute Gasteiger partial charge is 0.253 e. The summed E-state index contributed by atoms with van der Waals surface area (Å²) in [5.74, 6) is 1.16. The van der Waals surface area contributed by atoms with E-state index in [4.69, 9.17) is 4.98 Å². The van der Waals surface area contributed by atoms with Crippen molar-refractivity contribution < 1.29 is 4.57 Å². The molecular weight excluding hydrogens is 460 g/mol. The number of fused-ring (bicyclic) bond motifs is 4. The summed E-state index contributed by atoms with van der Waals surface area (Å²) in [5.41, 5.74) is 12.2. The van der Waals surface area contributed by atoms with Gasteiger partial charge in [-0.15, -0.1) is 0 Å². The number of hydrogen-bond donors (Lipinski definition) is 0. The fourth-order valence-electron chi connectivity index (χ4n) is 9.21. The standard InChI is InChI=1S/C36H37N2/c1-21-17-22(2)32(24-11-7-6-8-12-24)36(20-21)28-19-25-13-9-10-14-26(25)33-31(28)34-30-27(35(33,4)5)18-23(3)37-29(30)15-16-38(34)36/h9-10,13-20,24,32H,6-8,11-12H2,1-5H3/q+1. The Morgan fingerprint density at radius 1 is 0.921 bits per heavy atom. The van der Waals surface area contributed by atoms with Gasteiger partial charge in [0, 0.05) is 22.7 Å². The monoisotopic (exact) mass is 497 g/mol. The minimum absolute atomic E-state index is 0.118. The Kier molecular flexibility index (Phi) is 4.44. The number of aryl methyl sites for hydroxylation is 1. The summed E-state index contributed by atoms with van der Waals surface area (Å²) in [6.45, 7) is 11.8. The SMILES string of the molecule is CC1=CC2(c3cc4ccccc4c4c3-c3c5c(cc(C)nc5cc[n+]32)C4(C)C)C(C2CCCCC2)C(C)=C1. The molecule has 3 aliphatic carbocycles. The van der Waals surface area contributed by atoms with E-state index in [9.17, 15) is 0 Å². The van der Waals surface area contributed by atoms with Crippen molar-refractivity contribution in [1.29, 1.82) is 0 Å². The smallest absolute Gasteiger partial charge is 0.224 e. The molecule has 190 valence electrons. The molecule has 2 heteroatoms. The quantitative estimate of drug-likeness (QED) is 0.241. The molecule has 1 fully saturated rings. The van der Waals surface area contributed by atoms with Gasteiger partial charge in [0.05, 0.1) is 22.4 Å². The highest BCUT2D eigenvalue weighted by Gasteiger charge is 2.61. The molecule has 2 aromatic heterocycles. The van der Waals surface area contributed by atoms with Crippen molar-refractivity contribution in [3.63, 3.8) is 0 Å². The summed E-state index contributed by atoms with van der Waals surface area (Å²) in [7, 11) is 0. The van der Waals surface area contributed by atoms with E-state index in [-0.39, 0.29) is 11.0 Å². The van der Waals surface area contributed by atoms with E-state index in [0.717, 1.165) is 11.2 Å². The van der Waals surface area contributed by atoms with Crippen LogP contribution in [0.1, 0.15) is 82.2 Å². The van der Waals surface area contributed by atoms with Crippen LogP contribution in [-0.4, -0.2) is 4.98 Å². The number of nitrogens with zero attached hydrogens (tertiary/aromatic N) is 2. The van der Waals surface area contributed by atoms with Crippen LogP contribution in [0, 0.1) is 18.8 Å². The van der Waals surface area contributed by atoms with Crippen molar-refractivity contribution in [3.8, 4) is 11.3 Å². The first-order valence-corrected chi connectivity index (χ1v) is 14.6. The van der Waals surface area contributed by atoms with Crippen LogP contribution in [0.2, 0.25) is 0 Å². The lowest BCUT2D eigenvalue weighted by Gasteiger charge is -2.41. The Balaban J connectivity index is 1.60. The molecular formula is C36H37N2+. The van der Waals surface area contributed by atoms with Gasteiger partial charge < -0.3 is 0 Å². The molecule has 1 aliphatic heterocycles. The summed E-state index contributed by atoms with van der Waals surface area (Å²) < 4.78 is 2.71. The molecule has 2 atom stereocenters. The zero-order chi connectivity index (χ0) is 26.0. The van der Waals surface area contributed by atoms with Crippen LogP contribution in [0.4, 0.5) is 0 Å². The van der Waals surface area contributed by atoms with Crippen LogP contribution in [0.5, 0.6) is 0 Å². The van der Waals surface area contributed by atoms with Gasteiger partial charge in [-0.05, 0) is 85.2 Å². The summed E-state index contributed by atoms with van der Waals surface area (Å²) >= 11 is 0. The van der Waals surface area contributed by atoms with E-state index in [0.29, 0.717) is 11.8 Å². The minimum atomic E-state index is -0.203. The Labute approximate surface area is 226 Å². The number of aromatic nitrogens is 2. The van der Waals surface area contributed by atoms with Gasteiger partial charge in [-0.25, -0.2) is 0 Å². The zero-order valence-corrected chi connectivity index (χ0v) is 23.4. The van der Waals surface area contributed by atoms with Crippen molar-refractivity contribution in [2.75, 3.05) is 0 Å². The second-order valence-electron chi connectivity index (χ2n) is 13.1. The van der Waals surface area contributed by atoms with Gasteiger partial charge in [-0.2, -0.15) is 4.57 Å². The first-order valence-electron chi connectivity index (χ1n) is 14.6. The Bertz CT molecular complexity index is 1760. The number of pyridine rings is 2. The molecule has 4 aliphatic rings. The van der Waals surface area contributed by atoms with Crippen LogP contribution in [-0.2, 0) is 11.0 Å². The van der Waals surface area contributed by atoms with Gasteiger partial charge in [0.2, 0.25) is 11.2 Å². The highest BCUT2D eigenvalue weighted by atomic mass is 15.1. The average Bonchev–Trinajstić information content (AvgIpc) is 3.15. The van der Waals surface area contributed by atoms with Crippen molar-refractivity contribution >= 4 is 21.7 Å². The molecule has 38 heavy (non-hydrogen) atoms. The van der Waals surface area contributed by atoms with Crippen molar-refractivity contribution in [1.82, 2.24) is 4.98 Å². The van der Waals surface area contributed by atoms with Gasteiger partial charge in [-0.1, -0.05) is 69.0 Å². The van der Waals surface area contributed by atoms with E-state index in [1.165, 1.54) is 81.8 Å². The lowest BCUT2D eigenvalue weighted by atomic mass is 9.61. The van der Waals surface area contributed by atoms with E-state index in [2.05, 4.69) is 100.0 Å². The van der Waals surface area contributed by atoms with Crippen LogP contribution in [0.3, 0.4) is 0 Å². The number of rotatable bonds is 1. The summed E-state index contributed by atoms with van der Waals surface area (Å²) in [6.07, 6.45) is 14.3. The molecule has 8 rings (SSSR count). The summed E-state index contributed by atoms with van der Waals surface area (Å²) in [5, 5.41) is 4.13. The number of allylic oxidation sites excluding steroid dienone is 4. The number of benzene rings is 2. The molecule has 0 N–H and O–H groups in total. The van der Waals surface area contributed by atoms with E-state index < -0.39 is 0 Å². The lowest BCUT2D eigenvalue weighted by molar-refractivity contribution is -0.734. The minimum Gasteiger partial charge on any atom is -0.253 e. The molecule has 2 unspecified atom stereocenters. The third kappa shape index (κ3) is 2.64. The van der Waals surface area contributed by atoms with Crippen LogP contribution >= 0.6 is 0 Å². The molecule has 4 aromatic rings. The van der Waals surface area contributed by atoms with Crippen molar-refractivity contribution in [3.05, 3.63) is 94.3 Å². The summed E-state index contributed by atoms with van der Waals surface area (Å²) in [6, 6.07) is 16.4. The molecule has 0 saturated heterocycles. The third-order valence-electron chi connectivity index (χ3n) is 10.4. The number of hydrogen-bond acceptors (Lipinski definition) is 1. The molecule has 2 nitrogen and oxygen atoms in total. The Morgan fingerprint density at radius 3 is 2.53 bits per heavy atom. The molecule has 0 radical (unpaired) electrons. The van der Waals surface area contributed by atoms with Gasteiger partial charge >= 0.3 is 0 Å². The third-order valence-corrected chi connectivity index (χ3v) is 10.4. The van der Waals surface area contributed by atoms with Crippen LogP contribution < -0.4 is 4.57 Å². The molecule has 0 amide bonds. The fraction of sp³-hybridized carbons (Fsp3) is 0.389. The fourth-order valence-corrected chi connectivity index (χ4v) is 9.21. The first kappa shape index (κ1) is 22.7. The second-order valence-corrected chi connectivity index (χ2v) is 13.1. The van der Waals surface area contributed by atoms with E-state index in [1.54, 1.807) is 5.57 Å².